The molecule has 0 bridgehead atoms. The molecule has 1 heterocycles. The van der Waals surface area contributed by atoms with E-state index in [1.54, 1.807) is 12.4 Å². The van der Waals surface area contributed by atoms with Gasteiger partial charge in [-0.15, -0.1) is 0 Å². The fourth-order valence-corrected chi connectivity index (χ4v) is 1.60. The summed E-state index contributed by atoms with van der Waals surface area (Å²) in [5.41, 5.74) is 0.925. The Balaban J connectivity index is 1.97. The van der Waals surface area contributed by atoms with Crippen LogP contribution in [0.5, 0.6) is 0 Å². The highest BCUT2D eigenvalue weighted by molar-refractivity contribution is 5.77. The van der Waals surface area contributed by atoms with E-state index in [9.17, 15) is 9.59 Å². The number of amides is 1. The number of carbonyl (C=O) groups excluding carboxylic acids is 1. The van der Waals surface area contributed by atoms with Crippen molar-refractivity contribution in [2.24, 2.45) is 0 Å². The number of nitrogens with zero attached hydrogens (tertiary/aromatic N) is 1. The number of rotatable bonds is 10. The van der Waals surface area contributed by atoms with Crippen LogP contribution >= 0.6 is 0 Å². The van der Waals surface area contributed by atoms with Crippen LogP contribution < -0.4 is 5.32 Å². The lowest BCUT2D eigenvalue weighted by Gasteiger charge is -2.06. The molecule has 1 aromatic heterocycles. The lowest BCUT2D eigenvalue weighted by molar-refractivity contribution is -0.137. The Morgan fingerprint density at radius 2 is 2.15 bits per heavy atom. The molecule has 6 heteroatoms. The topological polar surface area (TPSA) is 88.5 Å². The van der Waals surface area contributed by atoms with Gasteiger partial charge in [-0.2, -0.15) is 0 Å². The van der Waals surface area contributed by atoms with E-state index in [0.717, 1.165) is 18.4 Å². The van der Waals surface area contributed by atoms with Gasteiger partial charge in [0.15, 0.2) is 0 Å². The molecule has 110 valence electrons. The third kappa shape index (κ3) is 8.20. The maximum Gasteiger partial charge on any atom is 0.303 e. The molecular formula is C14H20N2O4. The van der Waals surface area contributed by atoms with E-state index in [-0.39, 0.29) is 18.9 Å². The number of nitrogens with one attached hydrogen (secondary N) is 1. The van der Waals surface area contributed by atoms with Crippen molar-refractivity contribution in [3.05, 3.63) is 30.1 Å². The van der Waals surface area contributed by atoms with E-state index in [1.807, 2.05) is 12.1 Å². The Kier molecular flexibility index (Phi) is 7.98. The van der Waals surface area contributed by atoms with Crippen molar-refractivity contribution in [3.8, 4) is 0 Å². The number of hydrogen-bond acceptors (Lipinski definition) is 4. The summed E-state index contributed by atoms with van der Waals surface area (Å²) in [6, 6.07) is 3.70. The van der Waals surface area contributed by atoms with Gasteiger partial charge < -0.3 is 15.2 Å². The van der Waals surface area contributed by atoms with Crippen LogP contribution in [0.25, 0.3) is 0 Å². The van der Waals surface area contributed by atoms with Gasteiger partial charge in [-0.25, -0.2) is 0 Å². The average Bonchev–Trinajstić information content (AvgIpc) is 2.43. The smallest absolute Gasteiger partial charge is 0.303 e. The summed E-state index contributed by atoms with van der Waals surface area (Å²) in [4.78, 5) is 25.7. The Bertz CT molecular complexity index is 409. The van der Waals surface area contributed by atoms with Crippen molar-refractivity contribution >= 4 is 11.9 Å². The van der Waals surface area contributed by atoms with Crippen LogP contribution in [0.3, 0.4) is 0 Å². The van der Waals surface area contributed by atoms with Gasteiger partial charge >= 0.3 is 5.97 Å². The lowest BCUT2D eigenvalue weighted by atomic mass is 10.2. The number of aliphatic carboxylic acids is 1. The number of pyridine rings is 1. The Labute approximate surface area is 118 Å². The molecular weight excluding hydrogens is 260 g/mol. The SMILES string of the molecule is O=C(O)CCCCCNC(=O)COCc1cccnc1. The van der Waals surface area contributed by atoms with Gasteiger partial charge in [0.1, 0.15) is 6.61 Å². The van der Waals surface area contributed by atoms with Crippen molar-refractivity contribution in [1.29, 1.82) is 0 Å². The standard InChI is InChI=1S/C14H20N2O4/c17-13(16-8-3-1-2-6-14(18)19)11-20-10-12-5-4-7-15-9-12/h4-5,7,9H,1-3,6,8,10-11H2,(H,16,17)(H,18,19). The fourth-order valence-electron chi connectivity index (χ4n) is 1.60. The van der Waals surface area contributed by atoms with E-state index in [1.165, 1.54) is 0 Å². The third-order valence-electron chi connectivity index (χ3n) is 2.61. The molecule has 6 nitrogen and oxygen atoms in total. The van der Waals surface area contributed by atoms with Gasteiger partial charge in [-0.1, -0.05) is 12.5 Å². The summed E-state index contributed by atoms with van der Waals surface area (Å²) in [6.07, 6.45) is 5.77. The maximum atomic E-state index is 11.4. The molecule has 0 radical (unpaired) electrons. The average molecular weight is 280 g/mol. The zero-order valence-electron chi connectivity index (χ0n) is 11.4. The highest BCUT2D eigenvalue weighted by Gasteiger charge is 2.01. The third-order valence-corrected chi connectivity index (χ3v) is 2.61. The van der Waals surface area contributed by atoms with Gasteiger partial charge in [-0.05, 0) is 24.5 Å². The zero-order chi connectivity index (χ0) is 14.6. The van der Waals surface area contributed by atoms with Gasteiger partial charge in [0, 0.05) is 25.4 Å². The maximum absolute atomic E-state index is 11.4. The van der Waals surface area contributed by atoms with Gasteiger partial charge in [0.05, 0.1) is 6.61 Å². The number of ether oxygens (including phenoxy) is 1. The van der Waals surface area contributed by atoms with E-state index in [0.29, 0.717) is 19.6 Å². The second-order valence-corrected chi connectivity index (χ2v) is 4.41. The lowest BCUT2D eigenvalue weighted by Crippen LogP contribution is -2.28. The van der Waals surface area contributed by atoms with Gasteiger partial charge in [-0.3, -0.25) is 14.6 Å². The Hall–Kier alpha value is -1.95. The molecule has 0 unspecified atom stereocenters. The van der Waals surface area contributed by atoms with Crippen LogP contribution in [0, 0.1) is 0 Å². The molecule has 1 amide bonds. The summed E-state index contributed by atoms with van der Waals surface area (Å²) in [7, 11) is 0. The van der Waals surface area contributed by atoms with Crippen molar-refractivity contribution in [3.63, 3.8) is 0 Å². The number of carboxylic acids is 1. The van der Waals surface area contributed by atoms with Crippen molar-refractivity contribution in [2.45, 2.75) is 32.3 Å². The van der Waals surface area contributed by atoms with Crippen LogP contribution in [0.4, 0.5) is 0 Å². The quantitative estimate of drug-likeness (QED) is 0.632. The fraction of sp³-hybridized carbons (Fsp3) is 0.500. The molecule has 0 fully saturated rings. The molecule has 20 heavy (non-hydrogen) atoms. The first-order chi connectivity index (χ1) is 9.68. The molecule has 0 spiro atoms. The second-order valence-electron chi connectivity index (χ2n) is 4.41. The largest absolute Gasteiger partial charge is 0.481 e. The predicted molar refractivity (Wildman–Crippen MR) is 73.0 cm³/mol. The second kappa shape index (κ2) is 9.91. The molecule has 0 atom stereocenters. The summed E-state index contributed by atoms with van der Waals surface area (Å²) in [5, 5.41) is 11.2. The Morgan fingerprint density at radius 1 is 1.30 bits per heavy atom. The van der Waals surface area contributed by atoms with E-state index < -0.39 is 5.97 Å². The van der Waals surface area contributed by atoms with Crippen LogP contribution in [0.1, 0.15) is 31.2 Å². The minimum absolute atomic E-state index is 0.0179. The van der Waals surface area contributed by atoms with Crippen molar-refractivity contribution in [2.75, 3.05) is 13.2 Å². The number of unbranched alkanes of at least 4 members (excludes halogenated alkanes) is 2. The first kappa shape index (κ1) is 16.1. The summed E-state index contributed by atoms with van der Waals surface area (Å²) in [6.45, 7) is 0.929. The molecule has 0 aromatic carbocycles. The molecule has 0 saturated heterocycles. The van der Waals surface area contributed by atoms with Gasteiger partial charge in [0.2, 0.25) is 5.91 Å². The number of hydrogen-bond donors (Lipinski definition) is 2. The molecule has 2 N–H and O–H groups in total. The minimum atomic E-state index is -0.780. The molecule has 0 saturated carbocycles. The first-order valence-corrected chi connectivity index (χ1v) is 6.63. The number of aromatic nitrogens is 1. The first-order valence-electron chi connectivity index (χ1n) is 6.63. The number of carboxylic acid groups (broad SMARTS) is 1. The van der Waals surface area contributed by atoms with Crippen molar-refractivity contribution < 1.29 is 19.4 Å². The molecule has 1 rings (SSSR count). The highest BCUT2D eigenvalue weighted by atomic mass is 16.5. The zero-order valence-corrected chi connectivity index (χ0v) is 11.4. The molecule has 0 aliphatic rings. The summed E-state index contributed by atoms with van der Waals surface area (Å²) >= 11 is 0. The van der Waals surface area contributed by atoms with Crippen LogP contribution in [0.15, 0.2) is 24.5 Å². The number of carbonyl (C=O) groups is 2. The van der Waals surface area contributed by atoms with Gasteiger partial charge in [0.25, 0.3) is 0 Å². The monoisotopic (exact) mass is 280 g/mol. The van der Waals surface area contributed by atoms with E-state index in [2.05, 4.69) is 10.3 Å². The molecule has 1 aromatic rings. The Morgan fingerprint density at radius 3 is 2.85 bits per heavy atom. The minimum Gasteiger partial charge on any atom is -0.481 e. The summed E-state index contributed by atoms with van der Waals surface area (Å²) in [5.74, 6) is -0.940. The van der Waals surface area contributed by atoms with E-state index in [4.69, 9.17) is 9.84 Å². The van der Waals surface area contributed by atoms with E-state index >= 15 is 0 Å². The summed E-state index contributed by atoms with van der Waals surface area (Å²) < 4.78 is 5.26. The van der Waals surface area contributed by atoms with Crippen LogP contribution in [-0.4, -0.2) is 35.1 Å². The molecule has 0 aliphatic heterocycles. The van der Waals surface area contributed by atoms with Crippen LogP contribution in [0.2, 0.25) is 0 Å². The normalized spacial score (nSPS) is 10.2. The van der Waals surface area contributed by atoms with Crippen LogP contribution in [-0.2, 0) is 20.9 Å². The molecule has 0 aliphatic carbocycles. The van der Waals surface area contributed by atoms with Crippen molar-refractivity contribution in [1.82, 2.24) is 10.3 Å². The predicted octanol–water partition coefficient (Wildman–Crippen LogP) is 1.36. The highest BCUT2D eigenvalue weighted by Crippen LogP contribution is 1.99.